The van der Waals surface area contributed by atoms with Gasteiger partial charge >= 0.3 is 11.1 Å². The quantitative estimate of drug-likeness (QED) is 0.702. The van der Waals surface area contributed by atoms with E-state index in [-0.39, 0.29) is 19.0 Å². The zero-order valence-electron chi connectivity index (χ0n) is 13.8. The number of rotatable bonds is 5. The molecule has 0 bridgehead atoms. The van der Waals surface area contributed by atoms with Crippen LogP contribution >= 0.6 is 11.6 Å². The molecule has 0 saturated heterocycles. The predicted octanol–water partition coefficient (Wildman–Crippen LogP) is 2.35. The van der Waals surface area contributed by atoms with Crippen molar-refractivity contribution in [2.24, 2.45) is 0 Å². The SMILES string of the molecule is O=C(Cn1ccn(Cc2ccc(Cl)cc2)c(=O)c1=O)Nc1ccccc1. The lowest BCUT2D eigenvalue weighted by Crippen LogP contribution is -2.42. The van der Waals surface area contributed by atoms with Gasteiger partial charge in [-0.3, -0.25) is 19.0 Å². The van der Waals surface area contributed by atoms with Crippen molar-refractivity contribution in [3.63, 3.8) is 0 Å². The van der Waals surface area contributed by atoms with Gasteiger partial charge in [0.05, 0.1) is 6.54 Å². The molecule has 0 aliphatic heterocycles. The molecule has 0 atom stereocenters. The van der Waals surface area contributed by atoms with Crippen LogP contribution in [-0.2, 0) is 17.9 Å². The van der Waals surface area contributed by atoms with Gasteiger partial charge in [0.15, 0.2) is 0 Å². The second kappa shape index (κ2) is 7.84. The van der Waals surface area contributed by atoms with Gasteiger partial charge in [-0.05, 0) is 29.8 Å². The molecular formula is C19H16ClN3O3. The first-order chi connectivity index (χ1) is 12.5. The maximum atomic E-state index is 12.3. The number of hydrogen-bond donors (Lipinski definition) is 1. The summed E-state index contributed by atoms with van der Waals surface area (Å²) >= 11 is 5.84. The summed E-state index contributed by atoms with van der Waals surface area (Å²) in [7, 11) is 0. The maximum Gasteiger partial charge on any atom is 0.316 e. The molecule has 0 radical (unpaired) electrons. The van der Waals surface area contributed by atoms with Gasteiger partial charge in [0.2, 0.25) is 5.91 Å². The second-order valence-corrected chi connectivity index (χ2v) is 6.14. The number of hydrogen-bond acceptors (Lipinski definition) is 3. The summed E-state index contributed by atoms with van der Waals surface area (Å²) in [5, 5.41) is 3.27. The third-order valence-electron chi connectivity index (χ3n) is 3.77. The third kappa shape index (κ3) is 4.29. The summed E-state index contributed by atoms with van der Waals surface area (Å²) in [6.07, 6.45) is 2.93. The summed E-state index contributed by atoms with van der Waals surface area (Å²) in [6, 6.07) is 15.9. The van der Waals surface area contributed by atoms with Crippen LogP contribution in [0.15, 0.2) is 76.6 Å². The minimum Gasteiger partial charge on any atom is -0.325 e. The maximum absolute atomic E-state index is 12.3. The number of aromatic nitrogens is 2. The first-order valence-corrected chi connectivity index (χ1v) is 8.30. The fraction of sp³-hybridized carbons (Fsp3) is 0.105. The molecule has 132 valence electrons. The van der Waals surface area contributed by atoms with Crippen LogP contribution in [0.3, 0.4) is 0 Å². The second-order valence-electron chi connectivity index (χ2n) is 5.70. The molecule has 3 rings (SSSR count). The molecule has 1 N–H and O–H groups in total. The molecule has 7 heteroatoms. The average molecular weight is 370 g/mol. The molecule has 1 aromatic heterocycles. The number of carbonyl (C=O) groups excluding carboxylic acids is 1. The Labute approximate surface area is 154 Å². The van der Waals surface area contributed by atoms with E-state index in [2.05, 4.69) is 5.32 Å². The molecule has 0 fully saturated rings. The lowest BCUT2D eigenvalue weighted by molar-refractivity contribution is -0.116. The van der Waals surface area contributed by atoms with Gasteiger partial charge < -0.3 is 9.88 Å². The Kier molecular flexibility index (Phi) is 5.34. The Hall–Kier alpha value is -3.12. The summed E-state index contributed by atoms with van der Waals surface area (Å²) < 4.78 is 2.40. The van der Waals surface area contributed by atoms with E-state index >= 15 is 0 Å². The number of para-hydroxylation sites is 1. The zero-order valence-corrected chi connectivity index (χ0v) is 14.5. The Balaban J connectivity index is 1.75. The summed E-state index contributed by atoms with van der Waals surface area (Å²) in [6.45, 7) is 0.0209. The number of amides is 1. The number of halogens is 1. The minimum atomic E-state index is -0.746. The Morgan fingerprint density at radius 1 is 0.885 bits per heavy atom. The van der Waals surface area contributed by atoms with Crippen molar-refractivity contribution in [1.29, 1.82) is 0 Å². The molecule has 0 aliphatic rings. The first-order valence-electron chi connectivity index (χ1n) is 7.92. The molecule has 0 unspecified atom stereocenters. The molecule has 0 aliphatic carbocycles. The van der Waals surface area contributed by atoms with Crippen molar-refractivity contribution in [3.05, 3.63) is 98.3 Å². The van der Waals surface area contributed by atoms with Crippen LogP contribution in [0.4, 0.5) is 5.69 Å². The summed E-state index contributed by atoms with van der Waals surface area (Å²) in [4.78, 5) is 36.6. The van der Waals surface area contributed by atoms with Crippen molar-refractivity contribution in [3.8, 4) is 0 Å². The standard InChI is InChI=1S/C19H16ClN3O3/c20-15-8-6-14(7-9-15)12-22-10-11-23(19(26)18(22)25)13-17(24)21-16-4-2-1-3-5-16/h1-11H,12-13H2,(H,21,24). The van der Waals surface area contributed by atoms with Crippen molar-refractivity contribution >= 4 is 23.2 Å². The fourth-order valence-corrected chi connectivity index (χ4v) is 2.58. The lowest BCUT2D eigenvalue weighted by Gasteiger charge is -2.10. The molecule has 6 nitrogen and oxygen atoms in total. The highest BCUT2D eigenvalue weighted by Crippen LogP contribution is 2.10. The summed E-state index contributed by atoms with van der Waals surface area (Å²) in [5.41, 5.74) is 0.0386. The third-order valence-corrected chi connectivity index (χ3v) is 4.02. The molecule has 1 heterocycles. The number of anilines is 1. The van der Waals surface area contributed by atoms with Crippen LogP contribution in [0.2, 0.25) is 5.02 Å². The van der Waals surface area contributed by atoms with Gasteiger partial charge in [0.1, 0.15) is 6.54 Å². The van der Waals surface area contributed by atoms with Crippen LogP contribution in [0.1, 0.15) is 5.56 Å². The number of benzene rings is 2. The van der Waals surface area contributed by atoms with E-state index in [0.29, 0.717) is 10.7 Å². The van der Waals surface area contributed by atoms with Crippen LogP contribution in [0, 0.1) is 0 Å². The van der Waals surface area contributed by atoms with Gasteiger partial charge in [-0.25, -0.2) is 0 Å². The molecule has 0 saturated carbocycles. The number of nitrogens with zero attached hydrogens (tertiary/aromatic N) is 2. The van der Waals surface area contributed by atoms with Crippen molar-refractivity contribution < 1.29 is 4.79 Å². The first kappa shape index (κ1) is 17.7. The van der Waals surface area contributed by atoms with Gasteiger partial charge in [-0.2, -0.15) is 0 Å². The van der Waals surface area contributed by atoms with Crippen LogP contribution < -0.4 is 16.4 Å². The van der Waals surface area contributed by atoms with Gasteiger partial charge in [0.25, 0.3) is 0 Å². The molecule has 2 aromatic carbocycles. The number of nitrogens with one attached hydrogen (secondary N) is 1. The van der Waals surface area contributed by atoms with E-state index < -0.39 is 11.1 Å². The highest BCUT2D eigenvalue weighted by molar-refractivity contribution is 6.30. The Bertz CT molecular complexity index is 1020. The fourth-order valence-electron chi connectivity index (χ4n) is 2.45. The number of carbonyl (C=O) groups is 1. The normalized spacial score (nSPS) is 10.5. The highest BCUT2D eigenvalue weighted by atomic mass is 35.5. The van der Waals surface area contributed by atoms with Crippen molar-refractivity contribution in [2.75, 3.05) is 5.32 Å². The van der Waals surface area contributed by atoms with Crippen LogP contribution in [0.5, 0.6) is 0 Å². The molecular weight excluding hydrogens is 354 g/mol. The average Bonchev–Trinajstić information content (AvgIpc) is 2.64. The monoisotopic (exact) mass is 369 g/mol. The Morgan fingerprint density at radius 2 is 1.50 bits per heavy atom. The van der Waals surface area contributed by atoms with Crippen molar-refractivity contribution in [2.45, 2.75) is 13.1 Å². The molecule has 3 aromatic rings. The van der Waals surface area contributed by atoms with Gasteiger partial charge in [0, 0.05) is 23.1 Å². The zero-order chi connectivity index (χ0) is 18.5. The van der Waals surface area contributed by atoms with Crippen LogP contribution in [0.25, 0.3) is 0 Å². The molecule has 1 amide bonds. The lowest BCUT2D eigenvalue weighted by atomic mass is 10.2. The van der Waals surface area contributed by atoms with E-state index in [0.717, 1.165) is 10.1 Å². The van der Waals surface area contributed by atoms with Gasteiger partial charge in [-0.1, -0.05) is 41.9 Å². The topological polar surface area (TPSA) is 73.1 Å². The summed E-state index contributed by atoms with van der Waals surface area (Å²) in [5.74, 6) is -0.381. The van der Waals surface area contributed by atoms with Crippen molar-refractivity contribution in [1.82, 2.24) is 9.13 Å². The molecule has 26 heavy (non-hydrogen) atoms. The largest absolute Gasteiger partial charge is 0.325 e. The molecule has 0 spiro atoms. The van der Waals surface area contributed by atoms with E-state index in [9.17, 15) is 14.4 Å². The van der Waals surface area contributed by atoms with E-state index in [4.69, 9.17) is 11.6 Å². The Morgan fingerprint density at radius 3 is 2.19 bits per heavy atom. The predicted molar refractivity (Wildman–Crippen MR) is 101 cm³/mol. The van der Waals surface area contributed by atoms with Crippen LogP contribution in [-0.4, -0.2) is 15.0 Å². The van der Waals surface area contributed by atoms with E-state index in [1.807, 2.05) is 6.07 Å². The van der Waals surface area contributed by atoms with Gasteiger partial charge in [-0.15, -0.1) is 0 Å². The minimum absolute atomic E-state index is 0.231. The van der Waals surface area contributed by atoms with E-state index in [1.165, 1.54) is 17.0 Å². The highest BCUT2D eigenvalue weighted by Gasteiger charge is 2.09. The van der Waals surface area contributed by atoms with E-state index in [1.54, 1.807) is 48.5 Å². The smallest absolute Gasteiger partial charge is 0.316 e.